The average Bonchev–Trinajstić information content (AvgIpc) is 2.90. The van der Waals surface area contributed by atoms with E-state index in [-0.39, 0.29) is 17.3 Å². The van der Waals surface area contributed by atoms with Crippen molar-refractivity contribution in [3.8, 4) is 5.75 Å². The summed E-state index contributed by atoms with van der Waals surface area (Å²) < 4.78 is 6.96. The highest BCUT2D eigenvalue weighted by Crippen LogP contribution is 2.22. The van der Waals surface area contributed by atoms with Gasteiger partial charge in [0.15, 0.2) is 5.69 Å². The number of nitrogens with one attached hydrogen (secondary N) is 2. The van der Waals surface area contributed by atoms with Crippen LogP contribution >= 0.6 is 11.6 Å². The van der Waals surface area contributed by atoms with Crippen LogP contribution in [0.3, 0.4) is 0 Å². The van der Waals surface area contributed by atoms with E-state index in [0.29, 0.717) is 47.9 Å². The summed E-state index contributed by atoms with van der Waals surface area (Å²) >= 11 is 6.00. The summed E-state index contributed by atoms with van der Waals surface area (Å²) in [5.41, 5.74) is 1.68. The topological polar surface area (TPSA) is 112 Å². The molecule has 0 aliphatic carbocycles. The van der Waals surface area contributed by atoms with Crippen LogP contribution in [0.2, 0.25) is 5.02 Å². The standard InChI is InChI=1S/C25H24ClN7O3/c1-16(28-24(35)21-9-8-20(36-3)15-27-21)22-14-23(29-19-6-4-18(26)5-7-19)31-25(30-22)33-12-10-32(11-13-33)17(2)34/h4-9,12,14-15H,1,10-11,13H2,2-3H3,(H-,28,29,30,31,35)/p+1. The van der Waals surface area contributed by atoms with Crippen molar-refractivity contribution >= 4 is 52.8 Å². The summed E-state index contributed by atoms with van der Waals surface area (Å²) in [6.07, 6.45) is 3.32. The zero-order valence-electron chi connectivity index (χ0n) is 19.9. The average molecular weight is 507 g/mol. The van der Waals surface area contributed by atoms with Gasteiger partial charge < -0.3 is 20.3 Å². The first kappa shape index (κ1) is 24.8. The van der Waals surface area contributed by atoms with Crippen molar-refractivity contribution in [3.63, 3.8) is 0 Å². The lowest BCUT2D eigenvalue weighted by molar-refractivity contribution is -0.450. The van der Waals surface area contributed by atoms with Gasteiger partial charge in [-0.1, -0.05) is 23.2 Å². The second kappa shape index (κ2) is 11.0. The largest absolute Gasteiger partial charge is 0.495 e. The van der Waals surface area contributed by atoms with Crippen LogP contribution in [0.15, 0.2) is 55.2 Å². The maximum Gasteiger partial charge on any atom is 0.435 e. The van der Waals surface area contributed by atoms with Gasteiger partial charge in [-0.25, -0.2) is 9.56 Å². The third-order valence-corrected chi connectivity index (χ3v) is 5.70. The molecular weight excluding hydrogens is 482 g/mol. The minimum Gasteiger partial charge on any atom is -0.495 e. The highest BCUT2D eigenvalue weighted by Gasteiger charge is 2.24. The molecule has 0 radical (unpaired) electrons. The lowest BCUT2D eigenvalue weighted by atomic mass is 10.2. The van der Waals surface area contributed by atoms with Crippen LogP contribution in [-0.2, 0) is 4.79 Å². The fraction of sp³-hybridized carbons (Fsp3) is 0.200. The van der Waals surface area contributed by atoms with E-state index in [1.54, 1.807) is 42.2 Å². The highest BCUT2D eigenvalue weighted by atomic mass is 35.5. The van der Waals surface area contributed by atoms with E-state index in [2.05, 4.69) is 32.2 Å². The fourth-order valence-electron chi connectivity index (χ4n) is 3.44. The molecule has 3 aromatic rings. The van der Waals surface area contributed by atoms with Crippen LogP contribution in [0.25, 0.3) is 5.70 Å². The van der Waals surface area contributed by atoms with Gasteiger partial charge in [-0.05, 0) is 41.4 Å². The predicted octanol–water partition coefficient (Wildman–Crippen LogP) is 3.25. The lowest BCUT2D eigenvalue weighted by Crippen LogP contribution is -2.41. The van der Waals surface area contributed by atoms with E-state index in [0.717, 1.165) is 5.69 Å². The van der Waals surface area contributed by atoms with E-state index < -0.39 is 5.91 Å². The predicted molar refractivity (Wildman–Crippen MR) is 137 cm³/mol. The number of amides is 2. The molecule has 36 heavy (non-hydrogen) atoms. The molecule has 0 fully saturated rings. The molecule has 0 unspecified atom stereocenters. The minimum atomic E-state index is -0.434. The summed E-state index contributed by atoms with van der Waals surface area (Å²) in [5, 5.41) is 6.60. The van der Waals surface area contributed by atoms with Gasteiger partial charge in [-0.2, -0.15) is 0 Å². The van der Waals surface area contributed by atoms with Crippen LogP contribution in [0.5, 0.6) is 5.75 Å². The van der Waals surface area contributed by atoms with Crippen LogP contribution in [0, 0.1) is 0 Å². The Kier molecular flexibility index (Phi) is 7.55. The highest BCUT2D eigenvalue weighted by molar-refractivity contribution is 6.30. The Morgan fingerprint density at radius 3 is 2.53 bits per heavy atom. The lowest BCUT2D eigenvalue weighted by Gasteiger charge is -2.23. The number of rotatable bonds is 7. The molecule has 0 spiro atoms. The molecule has 10 nitrogen and oxygen atoms in total. The number of hydrogen-bond acceptors (Lipinski definition) is 7. The van der Waals surface area contributed by atoms with E-state index in [1.807, 2.05) is 22.9 Å². The number of pyridine rings is 1. The molecule has 1 aromatic carbocycles. The molecule has 11 heteroatoms. The number of hydrogen-bond donors (Lipinski definition) is 2. The van der Waals surface area contributed by atoms with Crippen molar-refractivity contribution in [2.75, 3.05) is 32.1 Å². The number of carbonyl (C=O) groups excluding carboxylic acids is 2. The Labute approximate surface area is 213 Å². The van der Waals surface area contributed by atoms with Crippen molar-refractivity contribution in [2.45, 2.75) is 6.92 Å². The van der Waals surface area contributed by atoms with Crippen LogP contribution < -0.4 is 15.4 Å². The first-order valence-corrected chi connectivity index (χ1v) is 11.5. The first-order chi connectivity index (χ1) is 17.3. The molecular formula is C25H25ClN7O3+. The Morgan fingerprint density at radius 2 is 1.92 bits per heavy atom. The van der Waals surface area contributed by atoms with Crippen LogP contribution in [-0.4, -0.2) is 69.2 Å². The Balaban J connectivity index is 1.61. The normalized spacial score (nSPS) is 13.0. The molecule has 0 bridgehead atoms. The van der Waals surface area contributed by atoms with Crippen molar-refractivity contribution in [2.24, 2.45) is 0 Å². The van der Waals surface area contributed by atoms with Gasteiger partial charge in [0.05, 0.1) is 44.9 Å². The van der Waals surface area contributed by atoms with Crippen molar-refractivity contribution in [3.05, 3.63) is 71.7 Å². The summed E-state index contributed by atoms with van der Waals surface area (Å²) in [6, 6.07) is 12.1. The molecule has 3 heterocycles. The quantitative estimate of drug-likeness (QED) is 0.473. The second-order valence-corrected chi connectivity index (χ2v) is 8.36. The molecule has 4 rings (SSSR count). The van der Waals surface area contributed by atoms with Gasteiger partial charge in [0.2, 0.25) is 11.7 Å². The number of anilines is 2. The number of nitrogens with zero attached hydrogens (tertiary/aromatic N) is 5. The van der Waals surface area contributed by atoms with Gasteiger partial charge in [0.1, 0.15) is 11.4 Å². The molecule has 1 aliphatic rings. The molecule has 1 aliphatic heterocycles. The third-order valence-electron chi connectivity index (χ3n) is 5.44. The summed E-state index contributed by atoms with van der Waals surface area (Å²) in [6.45, 7) is 7.06. The van der Waals surface area contributed by atoms with E-state index in [9.17, 15) is 9.59 Å². The second-order valence-electron chi connectivity index (χ2n) is 7.93. The molecule has 0 saturated heterocycles. The number of halogens is 1. The molecule has 2 amide bonds. The van der Waals surface area contributed by atoms with Gasteiger partial charge in [0, 0.05) is 23.7 Å². The molecule has 2 N–H and O–H groups in total. The maximum atomic E-state index is 12.7. The zero-order valence-corrected chi connectivity index (χ0v) is 20.6. The number of ether oxygens (including phenoxy) is 1. The maximum absolute atomic E-state index is 12.7. The van der Waals surface area contributed by atoms with Gasteiger partial charge in [-0.15, -0.1) is 0 Å². The molecule has 0 atom stereocenters. The third kappa shape index (κ3) is 6.02. The van der Waals surface area contributed by atoms with E-state index >= 15 is 0 Å². The SMILES string of the molecule is C=C(NC(=O)c1ccc(OC)cn1)c1cc(Nc2ccc(Cl)cc2)nc([N+]2=CCN(C(C)=O)CC2)n1. The molecule has 0 saturated carbocycles. The summed E-state index contributed by atoms with van der Waals surface area (Å²) in [7, 11) is 1.53. The van der Waals surface area contributed by atoms with Gasteiger partial charge >= 0.3 is 5.95 Å². The van der Waals surface area contributed by atoms with Crippen LogP contribution in [0.4, 0.5) is 17.5 Å². The number of methoxy groups -OCH3 is 1. The number of carbonyl (C=O) groups is 2. The number of aromatic nitrogens is 3. The fourth-order valence-corrected chi connectivity index (χ4v) is 3.56. The summed E-state index contributed by atoms with van der Waals surface area (Å²) in [4.78, 5) is 39.5. The van der Waals surface area contributed by atoms with Crippen molar-refractivity contribution in [1.29, 1.82) is 0 Å². The van der Waals surface area contributed by atoms with Crippen LogP contribution in [0.1, 0.15) is 23.1 Å². The van der Waals surface area contributed by atoms with Crippen molar-refractivity contribution < 1.29 is 18.9 Å². The first-order valence-electron chi connectivity index (χ1n) is 11.1. The van der Waals surface area contributed by atoms with E-state index in [4.69, 9.17) is 16.3 Å². The zero-order chi connectivity index (χ0) is 25.7. The monoisotopic (exact) mass is 506 g/mol. The van der Waals surface area contributed by atoms with Gasteiger partial charge in [-0.3, -0.25) is 9.59 Å². The van der Waals surface area contributed by atoms with Gasteiger partial charge in [0.25, 0.3) is 5.91 Å². The molecule has 184 valence electrons. The smallest absolute Gasteiger partial charge is 0.435 e. The Bertz CT molecular complexity index is 1320. The number of benzene rings is 1. The van der Waals surface area contributed by atoms with E-state index in [1.165, 1.54) is 13.3 Å². The Morgan fingerprint density at radius 1 is 1.14 bits per heavy atom. The minimum absolute atomic E-state index is 0.00824. The Hall–Kier alpha value is -4.31. The van der Waals surface area contributed by atoms with Crippen molar-refractivity contribution in [1.82, 2.24) is 25.2 Å². The summed E-state index contributed by atoms with van der Waals surface area (Å²) in [5.74, 6) is 1.03. The molecule has 2 aromatic heterocycles.